The molecular weight excluding hydrogens is 377 g/mol. The van der Waals surface area contributed by atoms with E-state index in [2.05, 4.69) is 63.4 Å². The molecule has 0 amide bonds. The van der Waals surface area contributed by atoms with Gasteiger partial charge in [0.1, 0.15) is 11.6 Å². The number of anilines is 1. The smallest absolute Gasteiger partial charge is 0.152 e. The number of benzene rings is 1. The topological polar surface area (TPSA) is 46.0 Å². The van der Waals surface area contributed by atoms with Crippen molar-refractivity contribution < 1.29 is 4.39 Å². The Kier molecular flexibility index (Phi) is 5.36. The molecule has 2 aromatic heterocycles. The number of imidazole rings is 1. The van der Waals surface area contributed by atoms with Crippen LogP contribution < -0.4 is 5.32 Å². The molecule has 1 aliphatic rings. The first-order chi connectivity index (χ1) is 14.3. The third-order valence-corrected chi connectivity index (χ3v) is 6.38. The molecule has 1 aliphatic heterocycles. The Morgan fingerprint density at radius 2 is 1.87 bits per heavy atom. The average molecular weight is 408 g/mol. The number of nitrogens with one attached hydrogen (secondary N) is 1. The summed E-state index contributed by atoms with van der Waals surface area (Å²) in [5, 5.41) is 5.22. The maximum absolute atomic E-state index is 15.5. The van der Waals surface area contributed by atoms with Crippen LogP contribution in [0.1, 0.15) is 32.5 Å². The quantitative estimate of drug-likeness (QED) is 0.641. The zero-order valence-corrected chi connectivity index (χ0v) is 18.2. The third-order valence-electron chi connectivity index (χ3n) is 6.38. The highest BCUT2D eigenvalue weighted by Crippen LogP contribution is 2.34. The summed E-state index contributed by atoms with van der Waals surface area (Å²) in [6.07, 6.45) is 4.60. The zero-order valence-electron chi connectivity index (χ0n) is 18.2. The van der Waals surface area contributed by atoms with Crippen molar-refractivity contribution in [3.8, 4) is 11.3 Å². The Morgan fingerprint density at radius 1 is 1.13 bits per heavy atom. The summed E-state index contributed by atoms with van der Waals surface area (Å²) in [6, 6.07) is 8.64. The van der Waals surface area contributed by atoms with Crippen molar-refractivity contribution in [2.24, 2.45) is 7.05 Å². The van der Waals surface area contributed by atoms with Crippen LogP contribution >= 0.6 is 0 Å². The van der Waals surface area contributed by atoms with E-state index < -0.39 is 5.67 Å². The summed E-state index contributed by atoms with van der Waals surface area (Å²) in [7, 11) is 2.01. The monoisotopic (exact) mass is 407 g/mol. The number of hydrogen-bond acceptors (Lipinski definition) is 4. The Labute approximate surface area is 177 Å². The van der Waals surface area contributed by atoms with Gasteiger partial charge >= 0.3 is 0 Å². The van der Waals surface area contributed by atoms with Gasteiger partial charge in [0.2, 0.25) is 0 Å². The molecule has 0 saturated carbocycles. The predicted octanol–water partition coefficient (Wildman–Crippen LogP) is 5.08. The molecule has 1 fully saturated rings. The summed E-state index contributed by atoms with van der Waals surface area (Å²) < 4.78 is 17.6. The number of nitrogens with zero attached hydrogens (tertiary/aromatic N) is 4. The molecule has 0 aliphatic carbocycles. The van der Waals surface area contributed by atoms with Crippen LogP contribution in [0, 0.1) is 6.92 Å². The number of allylic oxidation sites excluding steroid dienone is 1. The molecule has 0 spiro atoms. The number of pyridine rings is 1. The highest BCUT2D eigenvalue weighted by atomic mass is 19.1. The van der Waals surface area contributed by atoms with Gasteiger partial charge in [-0.2, -0.15) is 0 Å². The van der Waals surface area contributed by atoms with Gasteiger partial charge in [0.15, 0.2) is 5.67 Å². The van der Waals surface area contributed by atoms with Gasteiger partial charge in [-0.1, -0.05) is 18.7 Å². The molecule has 0 bridgehead atoms. The Hall–Kier alpha value is -2.73. The molecule has 3 aromatic rings. The van der Waals surface area contributed by atoms with E-state index in [4.69, 9.17) is 0 Å². The van der Waals surface area contributed by atoms with Crippen molar-refractivity contribution >= 4 is 16.6 Å². The highest BCUT2D eigenvalue weighted by molar-refractivity contribution is 5.88. The van der Waals surface area contributed by atoms with Gasteiger partial charge in [0.05, 0.1) is 11.9 Å². The maximum atomic E-state index is 15.5. The molecule has 0 atom stereocenters. The molecule has 5 nitrogen and oxygen atoms in total. The molecular formula is C24H30FN5. The zero-order chi connectivity index (χ0) is 21.5. The van der Waals surface area contributed by atoms with E-state index in [0.29, 0.717) is 30.4 Å². The molecule has 1 N–H and O–H groups in total. The van der Waals surface area contributed by atoms with E-state index in [0.717, 1.165) is 40.9 Å². The first kappa shape index (κ1) is 20.5. The number of piperidine rings is 1. The summed E-state index contributed by atoms with van der Waals surface area (Å²) in [5.41, 5.74) is 1.14. The van der Waals surface area contributed by atoms with Gasteiger partial charge in [-0.05, 0) is 51.1 Å². The Bertz CT molecular complexity index is 1080. The lowest BCUT2D eigenvalue weighted by atomic mass is 9.90. The number of likely N-dealkylation sites (tertiary alicyclic amines) is 1. The van der Waals surface area contributed by atoms with Crippen molar-refractivity contribution in [2.45, 2.75) is 45.3 Å². The van der Waals surface area contributed by atoms with Crippen molar-refractivity contribution in [1.29, 1.82) is 0 Å². The number of fused-ring (bicyclic) bond motifs is 1. The van der Waals surface area contributed by atoms with E-state index in [1.54, 1.807) is 0 Å². The normalized spacial score (nSPS) is 16.9. The van der Waals surface area contributed by atoms with E-state index >= 15 is 4.39 Å². The molecule has 4 rings (SSSR count). The number of rotatable bonds is 5. The molecule has 0 unspecified atom stereocenters. The van der Waals surface area contributed by atoms with Crippen molar-refractivity contribution in [1.82, 2.24) is 19.4 Å². The van der Waals surface area contributed by atoms with Crippen LogP contribution in [0.5, 0.6) is 0 Å². The lowest BCUT2D eigenvalue weighted by Gasteiger charge is -2.39. The van der Waals surface area contributed by atoms with Gasteiger partial charge in [0.25, 0.3) is 0 Å². The molecule has 158 valence electrons. The standard InChI is InChI=1S/C24H30FN5/c1-16(2)30-10-8-24(25,9-11-30)17(3)28-23-13-21-12-19(6-7-20(21)14-27-23)22-15-26-18(4)29(22)5/h6-7,12-16H,3,8-11H2,1-2,4-5H3,(H,27,28). The number of alkyl halides is 1. The molecule has 30 heavy (non-hydrogen) atoms. The third kappa shape index (κ3) is 3.84. The number of aromatic nitrogens is 3. The molecule has 6 heteroatoms. The van der Waals surface area contributed by atoms with Crippen LogP contribution in [0.3, 0.4) is 0 Å². The Morgan fingerprint density at radius 3 is 2.50 bits per heavy atom. The second-order valence-corrected chi connectivity index (χ2v) is 8.58. The minimum Gasteiger partial charge on any atom is -0.341 e. The largest absolute Gasteiger partial charge is 0.341 e. The summed E-state index contributed by atoms with van der Waals surface area (Å²) in [6.45, 7) is 11.8. The van der Waals surface area contributed by atoms with E-state index in [-0.39, 0.29) is 0 Å². The Balaban J connectivity index is 1.54. The minimum absolute atomic E-state index is 0.399. The highest BCUT2D eigenvalue weighted by Gasteiger charge is 2.38. The molecule has 0 radical (unpaired) electrons. The fourth-order valence-corrected chi connectivity index (χ4v) is 4.10. The predicted molar refractivity (Wildman–Crippen MR) is 121 cm³/mol. The van der Waals surface area contributed by atoms with Crippen LogP contribution in [-0.4, -0.2) is 44.2 Å². The first-order valence-electron chi connectivity index (χ1n) is 10.5. The molecule has 3 heterocycles. The van der Waals surface area contributed by atoms with E-state index in [9.17, 15) is 0 Å². The number of halogens is 1. The van der Waals surface area contributed by atoms with Crippen molar-refractivity contribution in [2.75, 3.05) is 18.4 Å². The van der Waals surface area contributed by atoms with E-state index in [1.807, 2.05) is 32.4 Å². The SMILES string of the molecule is C=C(Nc1cc2cc(-c3cnc(C)n3C)ccc2cn1)C1(F)CCN(C(C)C)CC1. The van der Waals surface area contributed by atoms with Crippen LogP contribution in [0.2, 0.25) is 0 Å². The second-order valence-electron chi connectivity index (χ2n) is 8.58. The lowest BCUT2D eigenvalue weighted by Crippen LogP contribution is -2.46. The van der Waals surface area contributed by atoms with Gasteiger partial charge in [-0.15, -0.1) is 0 Å². The van der Waals surface area contributed by atoms with Gasteiger partial charge in [0, 0.05) is 49.0 Å². The van der Waals surface area contributed by atoms with E-state index in [1.165, 1.54) is 0 Å². The van der Waals surface area contributed by atoms with Crippen LogP contribution in [0.15, 0.2) is 48.9 Å². The molecule has 1 aromatic carbocycles. The summed E-state index contributed by atoms with van der Waals surface area (Å²) in [4.78, 5) is 11.2. The summed E-state index contributed by atoms with van der Waals surface area (Å²) >= 11 is 0. The fourth-order valence-electron chi connectivity index (χ4n) is 4.10. The van der Waals surface area contributed by atoms with Crippen LogP contribution in [0.25, 0.3) is 22.0 Å². The maximum Gasteiger partial charge on any atom is 0.152 e. The van der Waals surface area contributed by atoms with Gasteiger partial charge in [-0.25, -0.2) is 14.4 Å². The minimum atomic E-state index is -1.41. The van der Waals surface area contributed by atoms with Crippen molar-refractivity contribution in [3.63, 3.8) is 0 Å². The van der Waals surface area contributed by atoms with Gasteiger partial charge in [-0.3, -0.25) is 0 Å². The second kappa shape index (κ2) is 7.84. The number of hydrogen-bond donors (Lipinski definition) is 1. The van der Waals surface area contributed by atoms with Gasteiger partial charge < -0.3 is 14.8 Å². The summed E-state index contributed by atoms with van der Waals surface area (Å²) in [5.74, 6) is 1.59. The van der Waals surface area contributed by atoms with Crippen molar-refractivity contribution in [3.05, 3.63) is 54.8 Å². The van der Waals surface area contributed by atoms with Crippen LogP contribution in [-0.2, 0) is 7.05 Å². The molecule has 1 saturated heterocycles. The first-order valence-corrected chi connectivity index (χ1v) is 10.5. The lowest BCUT2D eigenvalue weighted by molar-refractivity contribution is 0.0723. The van der Waals surface area contributed by atoms with Crippen LogP contribution in [0.4, 0.5) is 10.2 Å². The number of aryl methyl sites for hydroxylation is 1. The average Bonchev–Trinajstić information content (AvgIpc) is 3.06. The fraction of sp³-hybridized carbons (Fsp3) is 0.417.